The summed E-state index contributed by atoms with van der Waals surface area (Å²) in [6.07, 6.45) is 1.28. The molecule has 1 unspecified atom stereocenters. The molecule has 0 aliphatic carbocycles. The molecule has 2 rings (SSSR count). The first-order valence-electron chi connectivity index (χ1n) is 7.13. The second-order valence-electron chi connectivity index (χ2n) is 6.65. The minimum Gasteiger partial charge on any atom is -0.399 e. The number of anilines is 1. The van der Waals surface area contributed by atoms with Gasteiger partial charge in [-0.3, -0.25) is 0 Å². The van der Waals surface area contributed by atoms with Crippen molar-refractivity contribution >= 4 is 5.69 Å². The van der Waals surface area contributed by atoms with E-state index in [1.807, 2.05) is 12.1 Å². The molecule has 1 aliphatic rings. The fourth-order valence-corrected chi connectivity index (χ4v) is 2.96. The van der Waals surface area contributed by atoms with Crippen LogP contribution in [-0.4, -0.2) is 49.6 Å². The Labute approximate surface area is 117 Å². The lowest BCUT2D eigenvalue weighted by atomic mass is 9.84. The van der Waals surface area contributed by atoms with Gasteiger partial charge in [0, 0.05) is 30.2 Å². The van der Waals surface area contributed by atoms with Gasteiger partial charge < -0.3 is 15.5 Å². The Balaban J connectivity index is 2.00. The maximum atomic E-state index is 5.77. The average molecular weight is 261 g/mol. The third-order valence-electron chi connectivity index (χ3n) is 4.29. The number of nitrogen functional groups attached to an aromatic ring is 1. The molecule has 1 atom stereocenters. The summed E-state index contributed by atoms with van der Waals surface area (Å²) in [5, 5.41) is 0. The molecule has 3 nitrogen and oxygen atoms in total. The van der Waals surface area contributed by atoms with Gasteiger partial charge in [0.2, 0.25) is 0 Å². The van der Waals surface area contributed by atoms with Gasteiger partial charge >= 0.3 is 0 Å². The van der Waals surface area contributed by atoms with E-state index in [0.29, 0.717) is 6.04 Å². The maximum absolute atomic E-state index is 5.77. The lowest BCUT2D eigenvalue weighted by molar-refractivity contribution is 0.236. The van der Waals surface area contributed by atoms with Crippen LogP contribution in [0.3, 0.4) is 0 Å². The topological polar surface area (TPSA) is 32.5 Å². The van der Waals surface area contributed by atoms with E-state index in [1.165, 1.54) is 25.1 Å². The number of hydrogen-bond acceptors (Lipinski definition) is 3. The Bertz CT molecular complexity index is 409. The van der Waals surface area contributed by atoms with Crippen LogP contribution in [0.5, 0.6) is 0 Å². The molecule has 0 amide bonds. The lowest BCUT2D eigenvalue weighted by Crippen LogP contribution is -2.38. The number of hydrogen-bond donors (Lipinski definition) is 1. The first-order valence-corrected chi connectivity index (χ1v) is 7.13. The van der Waals surface area contributed by atoms with Gasteiger partial charge in [0.15, 0.2) is 0 Å². The molecule has 1 aromatic rings. The SMILES string of the molecule is CN(C)C1CCN(CC(C)(C)c2ccc(N)cc2)C1. The highest BCUT2D eigenvalue weighted by molar-refractivity contribution is 5.41. The molecule has 106 valence electrons. The van der Waals surface area contributed by atoms with Crippen molar-refractivity contribution in [2.24, 2.45) is 0 Å². The van der Waals surface area contributed by atoms with Crippen LogP contribution in [0.25, 0.3) is 0 Å². The summed E-state index contributed by atoms with van der Waals surface area (Å²) in [7, 11) is 4.36. The van der Waals surface area contributed by atoms with Crippen LogP contribution in [0, 0.1) is 0 Å². The highest BCUT2D eigenvalue weighted by Gasteiger charge is 2.29. The zero-order chi connectivity index (χ0) is 14.0. The molecule has 0 spiro atoms. The molecule has 1 aromatic carbocycles. The fourth-order valence-electron chi connectivity index (χ4n) is 2.96. The molecule has 0 radical (unpaired) electrons. The quantitative estimate of drug-likeness (QED) is 0.843. The van der Waals surface area contributed by atoms with E-state index in [1.54, 1.807) is 0 Å². The monoisotopic (exact) mass is 261 g/mol. The Morgan fingerprint density at radius 1 is 1.26 bits per heavy atom. The zero-order valence-corrected chi connectivity index (χ0v) is 12.7. The minimum absolute atomic E-state index is 0.175. The van der Waals surface area contributed by atoms with Gasteiger partial charge in [-0.1, -0.05) is 26.0 Å². The summed E-state index contributed by atoms with van der Waals surface area (Å²) >= 11 is 0. The highest BCUT2D eigenvalue weighted by atomic mass is 15.2. The minimum atomic E-state index is 0.175. The number of likely N-dealkylation sites (tertiary alicyclic amines) is 1. The van der Waals surface area contributed by atoms with Crippen LogP contribution in [0.15, 0.2) is 24.3 Å². The normalized spacial score (nSPS) is 21.2. The van der Waals surface area contributed by atoms with E-state index in [2.05, 4.69) is 49.9 Å². The largest absolute Gasteiger partial charge is 0.399 e. The molecular weight excluding hydrogens is 234 g/mol. The first kappa shape index (κ1) is 14.4. The van der Waals surface area contributed by atoms with Crippen molar-refractivity contribution in [3.63, 3.8) is 0 Å². The molecule has 19 heavy (non-hydrogen) atoms. The molecule has 1 fully saturated rings. The van der Waals surface area contributed by atoms with Gasteiger partial charge in [-0.2, -0.15) is 0 Å². The lowest BCUT2D eigenvalue weighted by Gasteiger charge is -2.31. The van der Waals surface area contributed by atoms with Gasteiger partial charge in [-0.25, -0.2) is 0 Å². The second-order valence-corrected chi connectivity index (χ2v) is 6.65. The number of nitrogens with zero attached hydrogens (tertiary/aromatic N) is 2. The smallest absolute Gasteiger partial charge is 0.0314 e. The third-order valence-corrected chi connectivity index (χ3v) is 4.29. The van der Waals surface area contributed by atoms with E-state index in [-0.39, 0.29) is 5.41 Å². The predicted octanol–water partition coefficient (Wildman–Crippen LogP) is 2.18. The molecule has 2 N–H and O–H groups in total. The van der Waals surface area contributed by atoms with Gasteiger partial charge in [-0.15, -0.1) is 0 Å². The van der Waals surface area contributed by atoms with Gasteiger partial charge in [0.1, 0.15) is 0 Å². The van der Waals surface area contributed by atoms with E-state index in [4.69, 9.17) is 5.73 Å². The molecule has 0 saturated carbocycles. The van der Waals surface area contributed by atoms with Crippen molar-refractivity contribution in [2.45, 2.75) is 31.7 Å². The fraction of sp³-hybridized carbons (Fsp3) is 0.625. The molecular formula is C16H27N3. The standard InChI is InChI=1S/C16H27N3/c1-16(2,13-5-7-14(17)8-6-13)12-19-10-9-15(11-19)18(3)4/h5-8,15H,9-12,17H2,1-4H3. The first-order chi connectivity index (χ1) is 8.88. The molecule has 0 aromatic heterocycles. The number of rotatable bonds is 4. The summed E-state index contributed by atoms with van der Waals surface area (Å²) in [6, 6.07) is 9.04. The van der Waals surface area contributed by atoms with Crippen LogP contribution in [0.1, 0.15) is 25.8 Å². The summed E-state index contributed by atoms with van der Waals surface area (Å²) < 4.78 is 0. The Kier molecular flexibility index (Phi) is 4.16. The maximum Gasteiger partial charge on any atom is 0.0314 e. The Morgan fingerprint density at radius 2 is 1.89 bits per heavy atom. The second kappa shape index (κ2) is 5.51. The van der Waals surface area contributed by atoms with Gasteiger partial charge in [0.25, 0.3) is 0 Å². The van der Waals surface area contributed by atoms with Gasteiger partial charge in [0.05, 0.1) is 0 Å². The molecule has 1 aliphatic heterocycles. The van der Waals surface area contributed by atoms with Crippen LogP contribution >= 0.6 is 0 Å². The van der Waals surface area contributed by atoms with Crippen molar-refractivity contribution in [2.75, 3.05) is 39.5 Å². The Hall–Kier alpha value is -1.06. The molecule has 1 heterocycles. The number of benzene rings is 1. The Morgan fingerprint density at radius 3 is 2.42 bits per heavy atom. The van der Waals surface area contributed by atoms with Crippen LogP contribution in [-0.2, 0) is 5.41 Å². The summed E-state index contributed by atoms with van der Waals surface area (Å²) in [6.45, 7) is 8.15. The van der Waals surface area contributed by atoms with Crippen molar-refractivity contribution in [1.29, 1.82) is 0 Å². The van der Waals surface area contributed by atoms with Gasteiger partial charge in [-0.05, 0) is 44.8 Å². The van der Waals surface area contributed by atoms with Crippen molar-refractivity contribution in [1.82, 2.24) is 9.80 Å². The van der Waals surface area contributed by atoms with Crippen molar-refractivity contribution < 1.29 is 0 Å². The number of nitrogens with two attached hydrogens (primary N) is 1. The summed E-state index contributed by atoms with van der Waals surface area (Å²) in [5.41, 5.74) is 8.16. The van der Waals surface area contributed by atoms with E-state index in [0.717, 1.165) is 12.2 Å². The number of likely N-dealkylation sites (N-methyl/N-ethyl adjacent to an activating group) is 1. The highest BCUT2D eigenvalue weighted by Crippen LogP contribution is 2.27. The molecule has 3 heteroatoms. The third kappa shape index (κ3) is 3.48. The van der Waals surface area contributed by atoms with E-state index >= 15 is 0 Å². The van der Waals surface area contributed by atoms with E-state index in [9.17, 15) is 0 Å². The summed E-state index contributed by atoms with van der Waals surface area (Å²) in [5.74, 6) is 0. The van der Waals surface area contributed by atoms with Crippen molar-refractivity contribution in [3.8, 4) is 0 Å². The molecule has 0 bridgehead atoms. The van der Waals surface area contributed by atoms with E-state index < -0.39 is 0 Å². The summed E-state index contributed by atoms with van der Waals surface area (Å²) in [4.78, 5) is 4.93. The predicted molar refractivity (Wildman–Crippen MR) is 82.4 cm³/mol. The zero-order valence-electron chi connectivity index (χ0n) is 12.7. The van der Waals surface area contributed by atoms with Crippen LogP contribution < -0.4 is 5.73 Å². The average Bonchev–Trinajstić information content (AvgIpc) is 2.77. The van der Waals surface area contributed by atoms with Crippen molar-refractivity contribution in [3.05, 3.63) is 29.8 Å². The van der Waals surface area contributed by atoms with Crippen LogP contribution in [0.2, 0.25) is 0 Å². The molecule has 1 saturated heterocycles. The van der Waals surface area contributed by atoms with Crippen LogP contribution in [0.4, 0.5) is 5.69 Å².